The smallest absolute Gasteiger partial charge is 0.442 e. The van der Waals surface area contributed by atoms with E-state index in [2.05, 4.69) is 15.9 Å². The van der Waals surface area contributed by atoms with Crippen molar-refractivity contribution in [3.8, 4) is 5.75 Å². The van der Waals surface area contributed by atoms with Crippen LogP contribution in [0.3, 0.4) is 0 Å². The predicted molar refractivity (Wildman–Crippen MR) is 78.8 cm³/mol. The Balaban J connectivity index is 2.91. The molecule has 1 aromatic carbocycles. The lowest BCUT2D eigenvalue weighted by Crippen LogP contribution is -2.39. The molecule has 0 saturated heterocycles. The second kappa shape index (κ2) is 6.74. The number of hydrogen-bond donors (Lipinski definition) is 0. The van der Waals surface area contributed by atoms with Crippen LogP contribution in [0, 0.1) is 0 Å². The number of benzene rings is 1. The highest BCUT2D eigenvalue weighted by Crippen LogP contribution is 2.24. The van der Waals surface area contributed by atoms with Gasteiger partial charge in [-0.15, -0.1) is 5.06 Å². The van der Waals surface area contributed by atoms with Crippen LogP contribution in [0.2, 0.25) is 0 Å². The van der Waals surface area contributed by atoms with Gasteiger partial charge in [-0.1, -0.05) is 15.9 Å². The first-order valence-electron chi connectivity index (χ1n) is 6.20. The zero-order valence-electron chi connectivity index (χ0n) is 12.0. The van der Waals surface area contributed by atoms with E-state index in [1.54, 1.807) is 45.9 Å². The molecule has 0 aliphatic rings. The largest absolute Gasteiger partial charge is 0.443 e. The van der Waals surface area contributed by atoms with E-state index < -0.39 is 11.7 Å². The maximum atomic E-state index is 12.0. The van der Waals surface area contributed by atoms with Crippen LogP contribution in [0.25, 0.3) is 0 Å². The molecule has 0 atom stereocenters. The lowest BCUT2D eigenvalue weighted by atomic mass is 10.2. The van der Waals surface area contributed by atoms with Crippen LogP contribution < -0.4 is 4.84 Å². The Labute approximate surface area is 126 Å². The van der Waals surface area contributed by atoms with Crippen molar-refractivity contribution < 1.29 is 19.2 Å². The predicted octanol–water partition coefficient (Wildman–Crippen LogP) is 3.81. The van der Waals surface area contributed by atoms with Gasteiger partial charge >= 0.3 is 6.09 Å². The molecule has 0 fully saturated rings. The maximum absolute atomic E-state index is 12.0. The Hall–Kier alpha value is -1.56. The van der Waals surface area contributed by atoms with Gasteiger partial charge in [0.25, 0.3) is 0 Å². The highest BCUT2D eigenvalue weighted by atomic mass is 79.9. The quantitative estimate of drug-likeness (QED) is 0.616. The Bertz CT molecular complexity index is 496. The molecule has 0 aliphatic heterocycles. The molecule has 0 aliphatic carbocycles. The van der Waals surface area contributed by atoms with Gasteiger partial charge in [0.15, 0.2) is 12.0 Å². The molecule has 0 heterocycles. The standard InChI is InChI=1S/C14H18BrNO4/c1-5-16(13(18)19-14(2,3)4)20-12-8-11(15)7-6-10(12)9-17/h6-9H,5H2,1-4H3. The molecule has 0 radical (unpaired) electrons. The number of carbonyl (C=O) groups excluding carboxylic acids is 2. The number of halogens is 1. The fourth-order valence-corrected chi connectivity index (χ4v) is 1.69. The van der Waals surface area contributed by atoms with E-state index >= 15 is 0 Å². The summed E-state index contributed by atoms with van der Waals surface area (Å²) in [6.45, 7) is 7.36. The lowest BCUT2D eigenvalue weighted by molar-refractivity contribution is -0.0696. The molecule has 20 heavy (non-hydrogen) atoms. The highest BCUT2D eigenvalue weighted by Gasteiger charge is 2.23. The molecule has 0 unspecified atom stereocenters. The number of rotatable bonds is 4. The number of aldehydes is 1. The Morgan fingerprint density at radius 1 is 1.40 bits per heavy atom. The highest BCUT2D eigenvalue weighted by molar-refractivity contribution is 9.10. The molecule has 6 heteroatoms. The third kappa shape index (κ3) is 4.85. The van der Waals surface area contributed by atoms with Gasteiger partial charge in [-0.05, 0) is 45.9 Å². The number of hydroxylamine groups is 2. The lowest BCUT2D eigenvalue weighted by Gasteiger charge is -2.26. The monoisotopic (exact) mass is 343 g/mol. The Morgan fingerprint density at radius 2 is 2.05 bits per heavy atom. The molecule has 1 aromatic rings. The molecule has 0 bridgehead atoms. The number of amides is 1. The first-order chi connectivity index (χ1) is 9.26. The average Bonchev–Trinajstić information content (AvgIpc) is 2.33. The minimum Gasteiger partial charge on any atom is -0.442 e. The van der Waals surface area contributed by atoms with Crippen LogP contribution in [0.4, 0.5) is 4.79 Å². The van der Waals surface area contributed by atoms with E-state index in [9.17, 15) is 9.59 Å². The topological polar surface area (TPSA) is 55.8 Å². The van der Waals surface area contributed by atoms with Crippen LogP contribution in [-0.2, 0) is 4.74 Å². The summed E-state index contributed by atoms with van der Waals surface area (Å²) in [6.07, 6.45) is 0.0712. The van der Waals surface area contributed by atoms with Crippen molar-refractivity contribution in [2.45, 2.75) is 33.3 Å². The van der Waals surface area contributed by atoms with Crippen LogP contribution in [0.1, 0.15) is 38.1 Å². The van der Waals surface area contributed by atoms with E-state index in [-0.39, 0.29) is 0 Å². The van der Waals surface area contributed by atoms with E-state index in [0.717, 1.165) is 9.54 Å². The van der Waals surface area contributed by atoms with Crippen LogP contribution in [0.5, 0.6) is 5.75 Å². The molecule has 0 N–H and O–H groups in total. The number of hydrogen-bond acceptors (Lipinski definition) is 4. The molecule has 1 amide bonds. The van der Waals surface area contributed by atoms with E-state index in [4.69, 9.17) is 9.57 Å². The van der Waals surface area contributed by atoms with Crippen molar-refractivity contribution in [1.82, 2.24) is 5.06 Å². The Morgan fingerprint density at radius 3 is 2.55 bits per heavy atom. The summed E-state index contributed by atoms with van der Waals surface area (Å²) in [5.74, 6) is 0.294. The summed E-state index contributed by atoms with van der Waals surface area (Å²) in [7, 11) is 0. The molecular weight excluding hydrogens is 326 g/mol. The third-order valence-corrected chi connectivity index (χ3v) is 2.69. The van der Waals surface area contributed by atoms with Crippen molar-refractivity contribution in [3.63, 3.8) is 0 Å². The summed E-state index contributed by atoms with van der Waals surface area (Å²) in [5.41, 5.74) is -0.256. The first-order valence-corrected chi connectivity index (χ1v) is 6.99. The second-order valence-electron chi connectivity index (χ2n) is 5.07. The van der Waals surface area contributed by atoms with Crippen molar-refractivity contribution in [2.75, 3.05) is 6.54 Å². The van der Waals surface area contributed by atoms with Gasteiger partial charge in [0.1, 0.15) is 5.60 Å². The zero-order valence-corrected chi connectivity index (χ0v) is 13.6. The summed E-state index contributed by atoms with van der Waals surface area (Å²) in [6, 6.07) is 4.95. The summed E-state index contributed by atoms with van der Waals surface area (Å²) in [5, 5.41) is 1.07. The number of nitrogens with zero attached hydrogens (tertiary/aromatic N) is 1. The fourth-order valence-electron chi connectivity index (χ4n) is 1.35. The zero-order chi connectivity index (χ0) is 15.3. The minimum absolute atomic E-state index is 0.291. The molecule has 0 aromatic heterocycles. The molecule has 110 valence electrons. The molecular formula is C14H18BrNO4. The van der Waals surface area contributed by atoms with Gasteiger partial charge in [-0.2, -0.15) is 0 Å². The van der Waals surface area contributed by atoms with Crippen LogP contribution in [-0.4, -0.2) is 29.6 Å². The molecule has 1 rings (SSSR count). The van der Waals surface area contributed by atoms with E-state index in [1.807, 2.05) is 0 Å². The third-order valence-electron chi connectivity index (χ3n) is 2.20. The van der Waals surface area contributed by atoms with E-state index in [1.165, 1.54) is 0 Å². The van der Waals surface area contributed by atoms with Crippen LogP contribution in [0.15, 0.2) is 22.7 Å². The van der Waals surface area contributed by atoms with Gasteiger partial charge in [-0.3, -0.25) is 4.79 Å². The van der Waals surface area contributed by atoms with Crippen molar-refractivity contribution in [3.05, 3.63) is 28.2 Å². The summed E-state index contributed by atoms with van der Waals surface area (Å²) >= 11 is 3.29. The molecule has 0 spiro atoms. The second-order valence-corrected chi connectivity index (χ2v) is 5.98. The van der Waals surface area contributed by atoms with Gasteiger partial charge in [-0.25, -0.2) is 4.79 Å². The van der Waals surface area contributed by atoms with Crippen LogP contribution >= 0.6 is 15.9 Å². The van der Waals surface area contributed by atoms with Gasteiger partial charge in [0.05, 0.1) is 12.1 Å². The minimum atomic E-state index is -0.612. The number of ether oxygens (including phenoxy) is 1. The van der Waals surface area contributed by atoms with Gasteiger partial charge in [0, 0.05) is 4.47 Å². The molecule has 0 saturated carbocycles. The summed E-state index contributed by atoms with van der Waals surface area (Å²) < 4.78 is 5.98. The first kappa shape index (κ1) is 16.5. The Kier molecular flexibility index (Phi) is 5.56. The van der Waals surface area contributed by atoms with Crippen molar-refractivity contribution in [2.24, 2.45) is 0 Å². The average molecular weight is 344 g/mol. The normalized spacial score (nSPS) is 10.8. The fraction of sp³-hybridized carbons (Fsp3) is 0.429. The van der Waals surface area contributed by atoms with E-state index in [0.29, 0.717) is 24.1 Å². The SMILES string of the molecule is CCN(Oc1cc(Br)ccc1C=O)C(=O)OC(C)(C)C. The van der Waals surface area contributed by atoms with Crippen molar-refractivity contribution in [1.29, 1.82) is 0 Å². The van der Waals surface area contributed by atoms with Gasteiger partial charge in [0.2, 0.25) is 0 Å². The number of carbonyl (C=O) groups is 2. The maximum Gasteiger partial charge on any atom is 0.443 e. The molecule has 5 nitrogen and oxygen atoms in total. The van der Waals surface area contributed by atoms with Gasteiger partial charge < -0.3 is 9.57 Å². The summed E-state index contributed by atoms with van der Waals surface area (Å²) in [4.78, 5) is 28.4. The van der Waals surface area contributed by atoms with Crippen molar-refractivity contribution >= 4 is 28.3 Å².